The van der Waals surface area contributed by atoms with Crippen molar-refractivity contribution in [1.82, 2.24) is 5.01 Å². The summed E-state index contributed by atoms with van der Waals surface area (Å²) in [6.07, 6.45) is 13.5. The van der Waals surface area contributed by atoms with E-state index in [1.165, 1.54) is 12.0 Å². The molecule has 2 aliphatic heterocycles. The third kappa shape index (κ3) is 0.869. The highest BCUT2D eigenvalue weighted by Crippen LogP contribution is 2.29. The maximum Gasteiger partial charge on any atom is 0.199 e. The summed E-state index contributed by atoms with van der Waals surface area (Å²) in [5.41, 5.74) is 1.22. The summed E-state index contributed by atoms with van der Waals surface area (Å²) in [6.45, 7) is 0. The van der Waals surface area contributed by atoms with Gasteiger partial charge in [-0.2, -0.15) is 0 Å². The van der Waals surface area contributed by atoms with Gasteiger partial charge >= 0.3 is 0 Å². The molecular formula is C10H8N2O. The van der Waals surface area contributed by atoms with E-state index in [4.69, 9.17) is 4.74 Å². The van der Waals surface area contributed by atoms with E-state index in [9.17, 15) is 0 Å². The molecule has 0 saturated carbocycles. The summed E-state index contributed by atoms with van der Waals surface area (Å²) in [7, 11) is 0. The van der Waals surface area contributed by atoms with Gasteiger partial charge in [0.2, 0.25) is 0 Å². The number of hydrazone groups is 1. The Morgan fingerprint density at radius 2 is 2.31 bits per heavy atom. The Bertz CT molecular complexity index is 388. The Balaban J connectivity index is 2.15. The lowest BCUT2D eigenvalue weighted by Crippen LogP contribution is -2.36. The minimum Gasteiger partial charge on any atom is -0.446 e. The quantitative estimate of drug-likeness (QED) is 0.553. The van der Waals surface area contributed by atoms with Crippen LogP contribution < -0.4 is 0 Å². The molecule has 0 fully saturated rings. The van der Waals surface area contributed by atoms with Crippen molar-refractivity contribution in [3.05, 3.63) is 47.9 Å². The van der Waals surface area contributed by atoms with Crippen LogP contribution in [0.25, 0.3) is 0 Å². The summed E-state index contributed by atoms with van der Waals surface area (Å²) < 4.78 is 5.32. The first-order valence-corrected chi connectivity index (χ1v) is 4.19. The molecule has 0 saturated heterocycles. The topological polar surface area (TPSA) is 24.8 Å². The molecule has 1 atom stereocenters. The molecule has 13 heavy (non-hydrogen) atoms. The highest BCUT2D eigenvalue weighted by Gasteiger charge is 2.29. The fraction of sp³-hybridized carbons (Fsp3) is 0.100. The highest BCUT2D eigenvalue weighted by atomic mass is 16.5. The van der Waals surface area contributed by atoms with Crippen molar-refractivity contribution in [2.45, 2.75) is 6.04 Å². The number of ether oxygens (including phenoxy) is 1. The molecule has 3 aliphatic rings. The molecule has 1 unspecified atom stereocenters. The molecule has 0 radical (unpaired) electrons. The Morgan fingerprint density at radius 1 is 1.31 bits per heavy atom. The Kier molecular flexibility index (Phi) is 1.22. The van der Waals surface area contributed by atoms with Crippen molar-refractivity contribution < 1.29 is 4.74 Å². The van der Waals surface area contributed by atoms with Crippen LogP contribution in [0.2, 0.25) is 0 Å². The van der Waals surface area contributed by atoms with E-state index in [-0.39, 0.29) is 6.04 Å². The highest BCUT2D eigenvalue weighted by molar-refractivity contribution is 5.55. The first-order chi connectivity index (χ1) is 6.45. The zero-order chi connectivity index (χ0) is 8.67. The number of nitrogens with zero attached hydrogens (tertiary/aromatic N) is 2. The molecule has 0 N–H and O–H groups in total. The van der Waals surface area contributed by atoms with Crippen LogP contribution in [0, 0.1) is 0 Å². The van der Waals surface area contributed by atoms with Gasteiger partial charge in [0.15, 0.2) is 6.40 Å². The molecule has 0 amide bonds. The molecule has 3 rings (SSSR count). The Morgan fingerprint density at radius 3 is 3.31 bits per heavy atom. The second-order valence-electron chi connectivity index (χ2n) is 3.06. The van der Waals surface area contributed by atoms with Gasteiger partial charge in [-0.3, -0.25) is 5.01 Å². The van der Waals surface area contributed by atoms with Crippen LogP contribution >= 0.6 is 0 Å². The van der Waals surface area contributed by atoms with Gasteiger partial charge in [-0.15, -0.1) is 5.10 Å². The second kappa shape index (κ2) is 2.36. The van der Waals surface area contributed by atoms with Crippen LogP contribution in [0.15, 0.2) is 53.0 Å². The lowest BCUT2D eigenvalue weighted by atomic mass is 9.97. The number of hydrogen-bond acceptors (Lipinski definition) is 3. The van der Waals surface area contributed by atoms with E-state index in [0.717, 1.165) is 5.76 Å². The standard InChI is InChI=1S/C10H8N2O/c1-3-8-4-2-6-12-10(8)9(5-1)13-7-11-12/h1-7,10H. The van der Waals surface area contributed by atoms with E-state index in [0.29, 0.717) is 0 Å². The van der Waals surface area contributed by atoms with Crippen LogP contribution in [0.5, 0.6) is 0 Å². The number of allylic oxidation sites excluding steroid dienone is 4. The van der Waals surface area contributed by atoms with Crippen molar-refractivity contribution in [1.29, 1.82) is 0 Å². The van der Waals surface area contributed by atoms with E-state index in [1.54, 1.807) is 0 Å². The number of rotatable bonds is 0. The van der Waals surface area contributed by atoms with Crippen LogP contribution in [-0.4, -0.2) is 17.5 Å². The van der Waals surface area contributed by atoms with Gasteiger partial charge in [-0.1, -0.05) is 18.2 Å². The van der Waals surface area contributed by atoms with E-state index in [1.807, 2.05) is 29.4 Å². The maximum absolute atomic E-state index is 5.32. The zero-order valence-corrected chi connectivity index (χ0v) is 6.92. The summed E-state index contributed by atoms with van der Waals surface area (Å²) in [5, 5.41) is 6.01. The Labute approximate surface area is 76.0 Å². The predicted octanol–water partition coefficient (Wildman–Crippen LogP) is 1.54. The smallest absolute Gasteiger partial charge is 0.199 e. The van der Waals surface area contributed by atoms with Crippen molar-refractivity contribution in [2.75, 3.05) is 0 Å². The van der Waals surface area contributed by atoms with Gasteiger partial charge in [-0.25, -0.2) is 0 Å². The lowest BCUT2D eigenvalue weighted by Gasteiger charge is -2.34. The molecule has 0 aromatic rings. The summed E-state index contributed by atoms with van der Waals surface area (Å²) in [4.78, 5) is 0. The van der Waals surface area contributed by atoms with Gasteiger partial charge < -0.3 is 4.74 Å². The molecule has 2 heterocycles. The largest absolute Gasteiger partial charge is 0.446 e. The fourth-order valence-electron chi connectivity index (χ4n) is 1.71. The minimum absolute atomic E-state index is 0.153. The first kappa shape index (κ1) is 6.71. The zero-order valence-electron chi connectivity index (χ0n) is 6.92. The normalized spacial score (nSPS) is 27.7. The minimum atomic E-state index is 0.153. The average Bonchev–Trinajstić information content (AvgIpc) is 2.19. The molecule has 0 aromatic carbocycles. The van der Waals surface area contributed by atoms with Gasteiger partial charge in [-0.05, 0) is 17.7 Å². The maximum atomic E-state index is 5.32. The van der Waals surface area contributed by atoms with Crippen LogP contribution in [-0.2, 0) is 4.74 Å². The van der Waals surface area contributed by atoms with Crippen LogP contribution in [0.4, 0.5) is 0 Å². The summed E-state index contributed by atoms with van der Waals surface area (Å²) >= 11 is 0. The summed E-state index contributed by atoms with van der Waals surface area (Å²) in [5.74, 6) is 0.938. The molecule has 0 aromatic heterocycles. The van der Waals surface area contributed by atoms with Crippen LogP contribution in [0.1, 0.15) is 0 Å². The third-order valence-corrected chi connectivity index (χ3v) is 2.30. The Hall–Kier alpha value is -1.77. The number of hydrogen-bond donors (Lipinski definition) is 0. The van der Waals surface area contributed by atoms with Crippen LogP contribution in [0.3, 0.4) is 0 Å². The van der Waals surface area contributed by atoms with Crippen molar-refractivity contribution in [3.8, 4) is 0 Å². The van der Waals surface area contributed by atoms with Gasteiger partial charge in [0.05, 0.1) is 0 Å². The first-order valence-electron chi connectivity index (χ1n) is 4.19. The van der Waals surface area contributed by atoms with Crippen molar-refractivity contribution in [3.63, 3.8) is 0 Å². The van der Waals surface area contributed by atoms with Gasteiger partial charge in [0.25, 0.3) is 0 Å². The average molecular weight is 172 g/mol. The molecule has 3 nitrogen and oxygen atoms in total. The van der Waals surface area contributed by atoms with Gasteiger partial charge in [0.1, 0.15) is 11.8 Å². The third-order valence-electron chi connectivity index (χ3n) is 2.30. The predicted molar refractivity (Wildman–Crippen MR) is 49.7 cm³/mol. The van der Waals surface area contributed by atoms with Crippen molar-refractivity contribution in [2.24, 2.45) is 5.10 Å². The monoisotopic (exact) mass is 172 g/mol. The molecule has 1 aliphatic carbocycles. The summed E-state index contributed by atoms with van der Waals surface area (Å²) in [6, 6.07) is 0.153. The van der Waals surface area contributed by atoms with E-state index < -0.39 is 0 Å². The van der Waals surface area contributed by atoms with Crippen molar-refractivity contribution >= 4 is 6.40 Å². The lowest BCUT2D eigenvalue weighted by molar-refractivity contribution is 0.234. The molecule has 0 spiro atoms. The molecule has 3 heteroatoms. The molecule has 64 valence electrons. The van der Waals surface area contributed by atoms with E-state index in [2.05, 4.69) is 17.3 Å². The second-order valence-corrected chi connectivity index (χ2v) is 3.06. The fourth-order valence-corrected chi connectivity index (χ4v) is 1.71. The molecular weight excluding hydrogens is 164 g/mol. The molecule has 0 bridgehead atoms. The SMILES string of the molecule is C1=CC2=CC=CN3N=COC(=C1)C23. The van der Waals surface area contributed by atoms with Gasteiger partial charge in [0, 0.05) is 6.20 Å². The van der Waals surface area contributed by atoms with E-state index >= 15 is 0 Å².